The smallest absolute Gasteiger partial charge is 0.0503 e. The summed E-state index contributed by atoms with van der Waals surface area (Å²) in [7, 11) is 3.86. The van der Waals surface area contributed by atoms with E-state index in [1.807, 2.05) is 0 Å². The molecule has 3 atom stereocenters. The fraction of sp³-hybridized carbons (Fsp3) is 1.00. The van der Waals surface area contributed by atoms with Gasteiger partial charge in [-0.15, -0.1) is 0 Å². The Balaban J connectivity index is 2.38. The number of hydrogen-bond acceptors (Lipinski definition) is 3. The molecule has 1 aliphatic rings. The van der Waals surface area contributed by atoms with E-state index < -0.39 is 0 Å². The molecule has 1 N–H and O–H groups in total. The monoisotopic (exact) mass is 214 g/mol. The highest BCUT2D eigenvalue weighted by Crippen LogP contribution is 2.20. The van der Waals surface area contributed by atoms with E-state index in [2.05, 4.69) is 31.1 Å². The average Bonchev–Trinajstić information content (AvgIpc) is 2.68. The molecule has 0 aliphatic carbocycles. The molecule has 1 rings (SSSR count). The van der Waals surface area contributed by atoms with Gasteiger partial charge in [-0.2, -0.15) is 0 Å². The minimum Gasteiger partial charge on any atom is -0.384 e. The van der Waals surface area contributed by atoms with E-state index in [4.69, 9.17) is 4.74 Å². The van der Waals surface area contributed by atoms with Crippen molar-refractivity contribution in [1.82, 2.24) is 10.2 Å². The second-order valence-electron chi connectivity index (χ2n) is 4.65. The van der Waals surface area contributed by atoms with E-state index in [9.17, 15) is 0 Å². The van der Waals surface area contributed by atoms with Crippen LogP contribution in [0.3, 0.4) is 0 Å². The van der Waals surface area contributed by atoms with Crippen molar-refractivity contribution in [2.24, 2.45) is 5.92 Å². The Kier molecular flexibility index (Phi) is 5.58. The SMILES string of the molecule is CCC(NC)C(C)N1CCC(COC)C1. The molecule has 0 aromatic heterocycles. The zero-order valence-corrected chi connectivity index (χ0v) is 10.6. The van der Waals surface area contributed by atoms with Crippen molar-refractivity contribution in [2.75, 3.05) is 33.9 Å². The quantitative estimate of drug-likeness (QED) is 0.722. The van der Waals surface area contributed by atoms with Crippen molar-refractivity contribution in [1.29, 1.82) is 0 Å². The minimum atomic E-state index is 0.617. The van der Waals surface area contributed by atoms with Crippen molar-refractivity contribution in [3.8, 4) is 0 Å². The lowest BCUT2D eigenvalue weighted by atomic mass is 10.1. The largest absolute Gasteiger partial charge is 0.384 e. The third-order valence-corrected chi connectivity index (χ3v) is 3.69. The standard InChI is InChI=1S/C12H26N2O/c1-5-12(13-3)10(2)14-7-6-11(8-14)9-15-4/h10-13H,5-9H2,1-4H3. The van der Waals surface area contributed by atoms with Crippen LogP contribution in [0.5, 0.6) is 0 Å². The maximum Gasteiger partial charge on any atom is 0.0503 e. The van der Waals surface area contributed by atoms with Crippen LogP contribution in [-0.4, -0.2) is 50.8 Å². The van der Waals surface area contributed by atoms with Crippen LogP contribution in [0.25, 0.3) is 0 Å². The van der Waals surface area contributed by atoms with Gasteiger partial charge in [0.1, 0.15) is 0 Å². The van der Waals surface area contributed by atoms with Gasteiger partial charge in [-0.05, 0) is 39.3 Å². The lowest BCUT2D eigenvalue weighted by molar-refractivity contribution is 0.142. The van der Waals surface area contributed by atoms with Crippen molar-refractivity contribution in [2.45, 2.75) is 38.8 Å². The van der Waals surface area contributed by atoms with E-state index >= 15 is 0 Å². The molecular formula is C12H26N2O. The number of hydrogen-bond donors (Lipinski definition) is 1. The van der Waals surface area contributed by atoms with Crippen LogP contribution in [0, 0.1) is 5.92 Å². The van der Waals surface area contributed by atoms with Gasteiger partial charge in [0, 0.05) is 25.7 Å². The molecule has 3 nitrogen and oxygen atoms in total. The molecule has 3 unspecified atom stereocenters. The van der Waals surface area contributed by atoms with Gasteiger partial charge in [0.2, 0.25) is 0 Å². The van der Waals surface area contributed by atoms with Crippen LogP contribution in [0.15, 0.2) is 0 Å². The van der Waals surface area contributed by atoms with Gasteiger partial charge >= 0.3 is 0 Å². The second-order valence-corrected chi connectivity index (χ2v) is 4.65. The molecule has 3 heteroatoms. The average molecular weight is 214 g/mol. The first-order valence-electron chi connectivity index (χ1n) is 6.13. The number of nitrogens with one attached hydrogen (secondary N) is 1. The summed E-state index contributed by atoms with van der Waals surface area (Å²) < 4.78 is 5.22. The molecule has 1 heterocycles. The van der Waals surface area contributed by atoms with Crippen molar-refractivity contribution >= 4 is 0 Å². The Morgan fingerprint density at radius 3 is 2.80 bits per heavy atom. The summed E-state index contributed by atoms with van der Waals surface area (Å²) in [4.78, 5) is 2.59. The number of rotatable bonds is 6. The Hall–Kier alpha value is -0.120. The molecule has 90 valence electrons. The van der Waals surface area contributed by atoms with Crippen molar-refractivity contribution in [3.05, 3.63) is 0 Å². The van der Waals surface area contributed by atoms with E-state index in [0.717, 1.165) is 12.5 Å². The first kappa shape index (κ1) is 12.9. The van der Waals surface area contributed by atoms with Gasteiger partial charge < -0.3 is 10.1 Å². The van der Waals surface area contributed by atoms with Crippen LogP contribution in [-0.2, 0) is 4.74 Å². The van der Waals surface area contributed by atoms with Crippen molar-refractivity contribution < 1.29 is 4.74 Å². The highest BCUT2D eigenvalue weighted by molar-refractivity contribution is 4.85. The van der Waals surface area contributed by atoms with E-state index in [1.165, 1.54) is 25.9 Å². The molecule has 0 aromatic rings. The topological polar surface area (TPSA) is 24.5 Å². The fourth-order valence-electron chi connectivity index (χ4n) is 2.65. The van der Waals surface area contributed by atoms with Gasteiger partial charge in [0.15, 0.2) is 0 Å². The molecule has 1 saturated heterocycles. The number of ether oxygens (including phenoxy) is 1. The third-order valence-electron chi connectivity index (χ3n) is 3.69. The first-order chi connectivity index (χ1) is 7.22. The second kappa shape index (κ2) is 6.46. The first-order valence-corrected chi connectivity index (χ1v) is 6.13. The maximum absolute atomic E-state index is 5.22. The van der Waals surface area contributed by atoms with Gasteiger partial charge in [-0.25, -0.2) is 0 Å². The molecule has 0 aromatic carbocycles. The Bertz CT molecular complexity index is 171. The van der Waals surface area contributed by atoms with Crippen LogP contribution in [0.2, 0.25) is 0 Å². The van der Waals surface area contributed by atoms with Crippen LogP contribution in [0.4, 0.5) is 0 Å². The molecule has 0 bridgehead atoms. The van der Waals surface area contributed by atoms with E-state index in [0.29, 0.717) is 12.1 Å². The molecule has 1 aliphatic heterocycles. The Labute approximate surface area is 94.2 Å². The van der Waals surface area contributed by atoms with Crippen LogP contribution < -0.4 is 5.32 Å². The van der Waals surface area contributed by atoms with Gasteiger partial charge in [-0.3, -0.25) is 4.90 Å². The zero-order chi connectivity index (χ0) is 11.3. The summed E-state index contributed by atoms with van der Waals surface area (Å²) in [6.07, 6.45) is 2.49. The molecule has 0 radical (unpaired) electrons. The lowest BCUT2D eigenvalue weighted by Crippen LogP contribution is -2.46. The normalized spacial score (nSPS) is 26.8. The summed E-state index contributed by atoms with van der Waals surface area (Å²) in [5.41, 5.74) is 0. The summed E-state index contributed by atoms with van der Waals surface area (Å²) in [5.74, 6) is 0.742. The summed E-state index contributed by atoms with van der Waals surface area (Å²) in [6.45, 7) is 7.93. The highest BCUT2D eigenvalue weighted by atomic mass is 16.5. The van der Waals surface area contributed by atoms with E-state index in [1.54, 1.807) is 7.11 Å². The minimum absolute atomic E-state index is 0.617. The number of likely N-dealkylation sites (N-methyl/N-ethyl adjacent to an activating group) is 1. The molecule has 1 fully saturated rings. The molecule has 0 spiro atoms. The Morgan fingerprint density at radius 2 is 2.27 bits per heavy atom. The number of likely N-dealkylation sites (tertiary alicyclic amines) is 1. The van der Waals surface area contributed by atoms with Gasteiger partial charge in [0.25, 0.3) is 0 Å². The lowest BCUT2D eigenvalue weighted by Gasteiger charge is -2.31. The third kappa shape index (κ3) is 3.44. The predicted molar refractivity (Wildman–Crippen MR) is 64.2 cm³/mol. The van der Waals surface area contributed by atoms with Gasteiger partial charge in [0.05, 0.1) is 6.61 Å². The fourth-order valence-corrected chi connectivity index (χ4v) is 2.65. The summed E-state index contributed by atoms with van der Waals surface area (Å²) in [6, 6.07) is 1.26. The maximum atomic E-state index is 5.22. The summed E-state index contributed by atoms with van der Waals surface area (Å²) >= 11 is 0. The van der Waals surface area contributed by atoms with Crippen LogP contribution in [0.1, 0.15) is 26.7 Å². The molecule has 15 heavy (non-hydrogen) atoms. The van der Waals surface area contributed by atoms with Gasteiger partial charge in [-0.1, -0.05) is 6.92 Å². The van der Waals surface area contributed by atoms with Crippen LogP contribution >= 0.6 is 0 Å². The number of methoxy groups -OCH3 is 1. The van der Waals surface area contributed by atoms with Crippen molar-refractivity contribution in [3.63, 3.8) is 0 Å². The summed E-state index contributed by atoms with van der Waals surface area (Å²) in [5, 5.41) is 3.40. The number of nitrogens with zero attached hydrogens (tertiary/aromatic N) is 1. The Morgan fingerprint density at radius 1 is 1.53 bits per heavy atom. The van der Waals surface area contributed by atoms with E-state index in [-0.39, 0.29) is 0 Å². The molecule has 0 saturated carbocycles. The highest BCUT2D eigenvalue weighted by Gasteiger charge is 2.28. The predicted octanol–water partition coefficient (Wildman–Crippen LogP) is 1.34. The zero-order valence-electron chi connectivity index (χ0n) is 10.6. The molecular weight excluding hydrogens is 188 g/mol. The molecule has 0 amide bonds.